The van der Waals surface area contributed by atoms with Crippen molar-refractivity contribution >= 4 is 32.5 Å². The molecule has 0 spiro atoms. The Labute approximate surface area is 177 Å². The third-order valence-electron chi connectivity index (χ3n) is 5.60. The molecule has 0 radical (unpaired) electrons. The third-order valence-corrected chi connectivity index (χ3v) is 7.00. The van der Waals surface area contributed by atoms with Crippen LogP contribution < -0.4 is 4.72 Å². The molecule has 1 aliphatic rings. The van der Waals surface area contributed by atoms with E-state index in [4.69, 9.17) is 4.42 Å². The molecule has 2 aromatic carbocycles. The van der Waals surface area contributed by atoms with Crippen LogP contribution in [-0.2, 0) is 21.9 Å². The van der Waals surface area contributed by atoms with Crippen molar-refractivity contribution in [3.63, 3.8) is 0 Å². The van der Waals surface area contributed by atoms with Gasteiger partial charge in [-0.1, -0.05) is 46.8 Å². The first-order valence-corrected chi connectivity index (χ1v) is 11.6. The Morgan fingerprint density at radius 3 is 2.30 bits per heavy atom. The molecule has 4 rings (SSSR count). The van der Waals surface area contributed by atoms with Crippen LogP contribution >= 0.6 is 0 Å². The molecule has 5 nitrogen and oxygen atoms in total. The number of ketones is 1. The van der Waals surface area contributed by atoms with E-state index in [1.54, 1.807) is 30.3 Å². The van der Waals surface area contributed by atoms with Crippen LogP contribution in [0, 0.1) is 5.41 Å². The van der Waals surface area contributed by atoms with Crippen molar-refractivity contribution < 1.29 is 17.6 Å². The van der Waals surface area contributed by atoms with Gasteiger partial charge in [0.1, 0.15) is 11.3 Å². The Kier molecular flexibility index (Phi) is 4.62. The SMILES string of the molecule is CC1(C)CC(=O)c2c(oc3ccc(NS(=O)(=O)c4ccc(C(C)(C)C)cc4)cc23)C1. The smallest absolute Gasteiger partial charge is 0.261 e. The van der Waals surface area contributed by atoms with Crippen LogP contribution in [0.2, 0.25) is 0 Å². The monoisotopic (exact) mass is 425 g/mol. The zero-order chi connectivity index (χ0) is 21.9. The number of furan rings is 1. The molecule has 0 bridgehead atoms. The van der Waals surface area contributed by atoms with Crippen LogP contribution in [0.5, 0.6) is 0 Å². The number of anilines is 1. The maximum absolute atomic E-state index is 12.9. The summed E-state index contributed by atoms with van der Waals surface area (Å²) in [6.45, 7) is 10.3. The average molecular weight is 426 g/mol. The quantitative estimate of drug-likeness (QED) is 0.585. The zero-order valence-electron chi connectivity index (χ0n) is 18.0. The van der Waals surface area contributed by atoms with E-state index in [9.17, 15) is 13.2 Å². The molecule has 1 heterocycles. The minimum absolute atomic E-state index is 0.0396. The Balaban J connectivity index is 1.67. The van der Waals surface area contributed by atoms with Gasteiger partial charge in [0.25, 0.3) is 10.0 Å². The van der Waals surface area contributed by atoms with Crippen LogP contribution in [0.4, 0.5) is 5.69 Å². The number of rotatable bonds is 3. The van der Waals surface area contributed by atoms with Crippen LogP contribution in [0.25, 0.3) is 11.0 Å². The van der Waals surface area contributed by atoms with Gasteiger partial charge >= 0.3 is 0 Å². The van der Waals surface area contributed by atoms with E-state index in [-0.39, 0.29) is 21.5 Å². The molecule has 0 saturated heterocycles. The van der Waals surface area contributed by atoms with Crippen LogP contribution in [-0.4, -0.2) is 14.2 Å². The van der Waals surface area contributed by atoms with Gasteiger partial charge < -0.3 is 4.42 Å². The molecule has 30 heavy (non-hydrogen) atoms. The van der Waals surface area contributed by atoms with Crippen LogP contribution in [0.3, 0.4) is 0 Å². The first kappa shape index (κ1) is 20.7. The van der Waals surface area contributed by atoms with Gasteiger partial charge in [-0.15, -0.1) is 0 Å². The summed E-state index contributed by atoms with van der Waals surface area (Å²) in [5.74, 6) is 0.724. The van der Waals surface area contributed by atoms with Gasteiger partial charge in [0.2, 0.25) is 0 Å². The lowest BCUT2D eigenvalue weighted by Crippen LogP contribution is -2.25. The fraction of sp³-hybridized carbons (Fsp3) is 0.375. The van der Waals surface area contributed by atoms with Gasteiger partial charge in [0, 0.05) is 23.9 Å². The zero-order valence-corrected chi connectivity index (χ0v) is 18.8. The molecule has 3 aromatic rings. The lowest BCUT2D eigenvalue weighted by molar-refractivity contribution is 0.0906. The molecule has 1 N–H and O–H groups in total. The summed E-state index contributed by atoms with van der Waals surface area (Å²) in [6, 6.07) is 12.0. The lowest BCUT2D eigenvalue weighted by Gasteiger charge is -2.27. The molecule has 0 saturated carbocycles. The molecule has 0 unspecified atom stereocenters. The van der Waals surface area contributed by atoms with Crippen molar-refractivity contribution in [2.75, 3.05) is 4.72 Å². The lowest BCUT2D eigenvalue weighted by atomic mass is 9.76. The Morgan fingerprint density at radius 2 is 1.67 bits per heavy atom. The van der Waals surface area contributed by atoms with Gasteiger partial charge in [-0.3, -0.25) is 9.52 Å². The summed E-state index contributed by atoms with van der Waals surface area (Å²) in [4.78, 5) is 12.9. The Morgan fingerprint density at radius 1 is 1.00 bits per heavy atom. The first-order chi connectivity index (χ1) is 13.9. The highest BCUT2D eigenvalue weighted by Gasteiger charge is 2.35. The summed E-state index contributed by atoms with van der Waals surface area (Å²) in [6.07, 6.45) is 1.13. The molecule has 0 amide bonds. The highest BCUT2D eigenvalue weighted by atomic mass is 32.2. The third kappa shape index (κ3) is 3.76. The van der Waals surface area contributed by atoms with E-state index in [1.807, 2.05) is 26.0 Å². The van der Waals surface area contributed by atoms with Crippen molar-refractivity contribution in [3.8, 4) is 0 Å². The number of fused-ring (bicyclic) bond motifs is 3. The van der Waals surface area contributed by atoms with Crippen LogP contribution in [0.15, 0.2) is 51.8 Å². The number of benzene rings is 2. The van der Waals surface area contributed by atoms with Crippen molar-refractivity contribution in [2.24, 2.45) is 5.41 Å². The van der Waals surface area contributed by atoms with Gasteiger partial charge in [-0.25, -0.2) is 8.42 Å². The van der Waals surface area contributed by atoms with E-state index < -0.39 is 10.0 Å². The maximum atomic E-state index is 12.9. The Hall–Kier alpha value is -2.60. The van der Waals surface area contributed by atoms with Crippen molar-refractivity contribution in [2.45, 2.75) is 57.8 Å². The predicted molar refractivity (Wildman–Crippen MR) is 119 cm³/mol. The number of hydrogen-bond donors (Lipinski definition) is 1. The summed E-state index contributed by atoms with van der Waals surface area (Å²) in [7, 11) is -3.75. The highest BCUT2D eigenvalue weighted by molar-refractivity contribution is 7.92. The number of Topliss-reactive ketones (excluding diaryl/α,β-unsaturated/α-hetero) is 1. The van der Waals surface area contributed by atoms with Gasteiger partial charge in [-0.2, -0.15) is 0 Å². The van der Waals surface area contributed by atoms with Gasteiger partial charge in [-0.05, 0) is 46.7 Å². The molecule has 0 aliphatic heterocycles. The fourth-order valence-corrected chi connectivity index (χ4v) is 5.06. The Bertz CT molecular complexity index is 1240. The molecule has 158 valence electrons. The minimum atomic E-state index is -3.75. The summed E-state index contributed by atoms with van der Waals surface area (Å²) in [5.41, 5.74) is 2.46. The normalized spacial score (nSPS) is 16.5. The largest absolute Gasteiger partial charge is 0.460 e. The summed E-state index contributed by atoms with van der Waals surface area (Å²) < 4.78 is 34.3. The maximum Gasteiger partial charge on any atom is 0.261 e. The number of carbonyl (C=O) groups is 1. The van der Waals surface area contributed by atoms with Crippen molar-refractivity contribution in [3.05, 3.63) is 59.4 Å². The number of carbonyl (C=O) groups excluding carboxylic acids is 1. The minimum Gasteiger partial charge on any atom is -0.460 e. The molecule has 6 heteroatoms. The molecular formula is C24H27NO4S. The first-order valence-electron chi connectivity index (χ1n) is 10.1. The second-order valence-corrected chi connectivity index (χ2v) is 11.6. The highest BCUT2D eigenvalue weighted by Crippen LogP contribution is 2.40. The van der Waals surface area contributed by atoms with E-state index in [1.165, 1.54) is 0 Å². The predicted octanol–water partition coefficient (Wildman–Crippen LogP) is 5.69. The van der Waals surface area contributed by atoms with Crippen molar-refractivity contribution in [1.29, 1.82) is 0 Å². The van der Waals surface area contributed by atoms with E-state index in [0.29, 0.717) is 40.8 Å². The second kappa shape index (κ2) is 6.71. The van der Waals surface area contributed by atoms with E-state index in [2.05, 4.69) is 25.5 Å². The molecule has 0 atom stereocenters. The average Bonchev–Trinajstić information content (AvgIpc) is 2.97. The number of sulfonamides is 1. The van der Waals surface area contributed by atoms with E-state index >= 15 is 0 Å². The van der Waals surface area contributed by atoms with E-state index in [0.717, 1.165) is 5.56 Å². The molecular weight excluding hydrogens is 398 g/mol. The number of hydrogen-bond acceptors (Lipinski definition) is 4. The topological polar surface area (TPSA) is 76.4 Å². The summed E-state index contributed by atoms with van der Waals surface area (Å²) >= 11 is 0. The standard InChI is InChI=1S/C24H27NO4S/c1-23(2,3)15-6-9-17(10-7-15)30(27,28)25-16-8-11-20-18(12-16)22-19(26)13-24(4,5)14-21(22)29-20/h6-12,25H,13-14H2,1-5H3. The van der Waals surface area contributed by atoms with Crippen molar-refractivity contribution in [1.82, 2.24) is 0 Å². The second-order valence-electron chi connectivity index (χ2n) is 9.93. The molecule has 1 aliphatic carbocycles. The fourth-order valence-electron chi connectivity index (χ4n) is 4.01. The molecule has 0 fully saturated rings. The van der Waals surface area contributed by atoms with Gasteiger partial charge in [0.15, 0.2) is 5.78 Å². The summed E-state index contributed by atoms with van der Waals surface area (Å²) in [5, 5.41) is 0.661. The number of nitrogens with one attached hydrogen (secondary N) is 1. The van der Waals surface area contributed by atoms with Gasteiger partial charge in [0.05, 0.1) is 10.5 Å². The molecule has 1 aromatic heterocycles. The van der Waals surface area contributed by atoms with Crippen LogP contribution in [0.1, 0.15) is 62.7 Å².